The van der Waals surface area contributed by atoms with Crippen molar-refractivity contribution in [3.05, 3.63) is 47.2 Å². The predicted molar refractivity (Wildman–Crippen MR) is 106 cm³/mol. The molecule has 3 heterocycles. The van der Waals surface area contributed by atoms with Gasteiger partial charge in [-0.25, -0.2) is 23.1 Å². The number of carbonyl (C=O) groups excluding carboxylic acids is 1. The van der Waals surface area contributed by atoms with Crippen molar-refractivity contribution in [1.29, 1.82) is 0 Å². The first kappa shape index (κ1) is 20.6. The molecule has 0 aliphatic carbocycles. The molecule has 1 aromatic carbocycles. The van der Waals surface area contributed by atoms with Crippen LogP contribution in [0, 0.1) is 17.5 Å². The number of nitrogens with zero attached hydrogens (tertiary/aromatic N) is 4. The lowest BCUT2D eigenvalue weighted by Gasteiger charge is -2.42. The quantitative estimate of drug-likeness (QED) is 0.758. The summed E-state index contributed by atoms with van der Waals surface area (Å²) < 4.78 is 40.9. The van der Waals surface area contributed by atoms with Gasteiger partial charge in [0.2, 0.25) is 0 Å². The van der Waals surface area contributed by atoms with E-state index >= 15 is 0 Å². The van der Waals surface area contributed by atoms with Crippen molar-refractivity contribution in [3.8, 4) is 0 Å². The summed E-state index contributed by atoms with van der Waals surface area (Å²) in [6.45, 7) is 10.1. The van der Waals surface area contributed by atoms with Crippen molar-refractivity contribution in [2.75, 3.05) is 31.1 Å². The Balaban J connectivity index is 1.72. The second-order valence-electron chi connectivity index (χ2n) is 9.07. The molecule has 1 N–H and O–H groups in total. The van der Waals surface area contributed by atoms with E-state index in [1.165, 1.54) is 6.20 Å². The van der Waals surface area contributed by atoms with Crippen LogP contribution in [0.5, 0.6) is 0 Å². The minimum Gasteiger partial charge on any atom is -0.330 e. The molecule has 2 aliphatic heterocycles. The van der Waals surface area contributed by atoms with Crippen LogP contribution in [0.2, 0.25) is 0 Å². The SMILES string of the molecule is CC1(C)CN(c2cc(F)c(F)c(F)c2)c2ncc(C(=O)N3CCNCC3(C)C)nc21. The number of hydrogen-bond acceptors (Lipinski definition) is 5. The first-order valence-corrected chi connectivity index (χ1v) is 9.83. The van der Waals surface area contributed by atoms with Gasteiger partial charge >= 0.3 is 0 Å². The molecule has 1 amide bonds. The molecular formula is C21H24F3N5O. The number of hydrogen-bond donors (Lipinski definition) is 1. The lowest BCUT2D eigenvalue weighted by atomic mass is 9.92. The van der Waals surface area contributed by atoms with Gasteiger partial charge in [-0.2, -0.15) is 0 Å². The first-order valence-electron chi connectivity index (χ1n) is 9.83. The van der Waals surface area contributed by atoms with Gasteiger partial charge in [-0.15, -0.1) is 0 Å². The van der Waals surface area contributed by atoms with Gasteiger partial charge in [-0.3, -0.25) is 4.79 Å². The molecule has 1 aromatic heterocycles. The van der Waals surface area contributed by atoms with E-state index in [2.05, 4.69) is 15.3 Å². The van der Waals surface area contributed by atoms with Crippen molar-refractivity contribution in [2.24, 2.45) is 0 Å². The van der Waals surface area contributed by atoms with Crippen molar-refractivity contribution in [1.82, 2.24) is 20.2 Å². The number of halogens is 3. The fourth-order valence-electron chi connectivity index (χ4n) is 4.09. The summed E-state index contributed by atoms with van der Waals surface area (Å²) in [6, 6.07) is 1.88. The van der Waals surface area contributed by atoms with E-state index in [1.807, 2.05) is 27.7 Å². The van der Waals surface area contributed by atoms with Gasteiger partial charge in [0.05, 0.1) is 17.4 Å². The van der Waals surface area contributed by atoms with E-state index in [4.69, 9.17) is 0 Å². The molecular weight excluding hydrogens is 395 g/mol. The number of aromatic nitrogens is 2. The lowest BCUT2D eigenvalue weighted by molar-refractivity contribution is 0.0470. The Morgan fingerprint density at radius 1 is 1.13 bits per heavy atom. The molecule has 0 radical (unpaired) electrons. The van der Waals surface area contributed by atoms with Gasteiger partial charge < -0.3 is 15.1 Å². The Morgan fingerprint density at radius 2 is 1.80 bits per heavy atom. The van der Waals surface area contributed by atoms with Crippen LogP contribution in [0.25, 0.3) is 0 Å². The second-order valence-corrected chi connectivity index (χ2v) is 9.07. The van der Waals surface area contributed by atoms with Crippen molar-refractivity contribution in [2.45, 2.75) is 38.6 Å². The topological polar surface area (TPSA) is 61.4 Å². The first-order chi connectivity index (χ1) is 14.0. The van der Waals surface area contributed by atoms with Gasteiger partial charge in [0.15, 0.2) is 23.3 Å². The summed E-state index contributed by atoms with van der Waals surface area (Å²) >= 11 is 0. The Bertz CT molecular complexity index is 1000. The molecule has 0 bridgehead atoms. The molecule has 0 saturated carbocycles. The summed E-state index contributed by atoms with van der Waals surface area (Å²) in [4.78, 5) is 25.5. The highest BCUT2D eigenvalue weighted by atomic mass is 19.2. The molecule has 9 heteroatoms. The highest BCUT2D eigenvalue weighted by molar-refractivity contribution is 5.93. The van der Waals surface area contributed by atoms with Crippen LogP contribution in [0.15, 0.2) is 18.3 Å². The average molecular weight is 419 g/mol. The third-order valence-electron chi connectivity index (χ3n) is 5.75. The minimum absolute atomic E-state index is 0.148. The smallest absolute Gasteiger partial charge is 0.274 e. The van der Waals surface area contributed by atoms with Gasteiger partial charge in [0.1, 0.15) is 5.69 Å². The van der Waals surface area contributed by atoms with Crippen molar-refractivity contribution in [3.63, 3.8) is 0 Å². The van der Waals surface area contributed by atoms with Crippen molar-refractivity contribution < 1.29 is 18.0 Å². The molecule has 0 atom stereocenters. The van der Waals surface area contributed by atoms with E-state index in [9.17, 15) is 18.0 Å². The third-order valence-corrected chi connectivity index (χ3v) is 5.75. The Labute approximate surface area is 173 Å². The van der Waals surface area contributed by atoms with Gasteiger partial charge in [0, 0.05) is 49.4 Å². The number of piperazine rings is 1. The van der Waals surface area contributed by atoms with Crippen LogP contribution in [-0.4, -0.2) is 52.5 Å². The molecule has 4 rings (SSSR count). The highest BCUT2D eigenvalue weighted by Crippen LogP contribution is 2.42. The van der Waals surface area contributed by atoms with Crippen LogP contribution >= 0.6 is 0 Å². The standard InChI is InChI=1S/C21H24F3N5O/c1-20(2)11-28(12-7-13(22)16(24)14(23)8-12)18-17(20)27-15(9-26-18)19(30)29-6-5-25-10-21(29,3)4/h7-9,25H,5-6,10-11H2,1-4H3. The molecule has 1 fully saturated rings. The zero-order valence-corrected chi connectivity index (χ0v) is 17.4. The van der Waals surface area contributed by atoms with E-state index in [-0.39, 0.29) is 22.8 Å². The normalized spacial score (nSPS) is 19.7. The number of carbonyl (C=O) groups is 1. The van der Waals surface area contributed by atoms with E-state index in [0.717, 1.165) is 12.1 Å². The molecule has 6 nitrogen and oxygen atoms in total. The number of fused-ring (bicyclic) bond motifs is 1. The average Bonchev–Trinajstić information content (AvgIpc) is 2.95. The Kier molecular flexibility index (Phi) is 4.76. The zero-order chi connectivity index (χ0) is 21.8. The van der Waals surface area contributed by atoms with Gasteiger partial charge in [0.25, 0.3) is 5.91 Å². The van der Waals surface area contributed by atoms with E-state index in [0.29, 0.717) is 37.7 Å². The van der Waals surface area contributed by atoms with Crippen LogP contribution in [0.4, 0.5) is 24.7 Å². The lowest BCUT2D eigenvalue weighted by Crippen LogP contribution is -2.60. The highest BCUT2D eigenvalue weighted by Gasteiger charge is 2.41. The molecule has 2 aromatic rings. The molecule has 0 spiro atoms. The second kappa shape index (κ2) is 6.94. The molecule has 30 heavy (non-hydrogen) atoms. The zero-order valence-electron chi connectivity index (χ0n) is 17.4. The number of anilines is 2. The van der Waals surface area contributed by atoms with E-state index in [1.54, 1.807) is 9.80 Å². The summed E-state index contributed by atoms with van der Waals surface area (Å²) in [5.74, 6) is -3.84. The minimum atomic E-state index is -1.51. The van der Waals surface area contributed by atoms with Gasteiger partial charge in [-0.1, -0.05) is 13.8 Å². The third kappa shape index (κ3) is 3.30. The van der Waals surface area contributed by atoms with Crippen LogP contribution in [0.1, 0.15) is 43.9 Å². The molecule has 1 saturated heterocycles. The van der Waals surface area contributed by atoms with Crippen LogP contribution in [0.3, 0.4) is 0 Å². The Hall–Kier alpha value is -2.68. The monoisotopic (exact) mass is 419 g/mol. The number of benzene rings is 1. The fraction of sp³-hybridized carbons (Fsp3) is 0.476. The number of rotatable bonds is 2. The summed E-state index contributed by atoms with van der Waals surface area (Å²) in [5, 5.41) is 3.28. The van der Waals surface area contributed by atoms with Gasteiger partial charge in [-0.05, 0) is 13.8 Å². The van der Waals surface area contributed by atoms with Crippen LogP contribution < -0.4 is 10.2 Å². The molecule has 160 valence electrons. The number of nitrogens with one attached hydrogen (secondary N) is 1. The predicted octanol–water partition coefficient (Wildman–Crippen LogP) is 3.15. The maximum atomic E-state index is 13.8. The summed E-state index contributed by atoms with van der Waals surface area (Å²) in [5.41, 5.74) is 0.0519. The maximum Gasteiger partial charge on any atom is 0.274 e. The van der Waals surface area contributed by atoms with E-state index < -0.39 is 22.9 Å². The maximum absolute atomic E-state index is 13.8. The van der Waals surface area contributed by atoms with Crippen molar-refractivity contribution >= 4 is 17.4 Å². The summed E-state index contributed by atoms with van der Waals surface area (Å²) in [7, 11) is 0. The number of amides is 1. The van der Waals surface area contributed by atoms with Crippen LogP contribution in [-0.2, 0) is 5.41 Å². The largest absolute Gasteiger partial charge is 0.330 e. The summed E-state index contributed by atoms with van der Waals surface area (Å²) in [6.07, 6.45) is 1.39. The molecule has 2 aliphatic rings. The fourth-order valence-corrected chi connectivity index (χ4v) is 4.09. The Morgan fingerprint density at radius 3 is 2.43 bits per heavy atom. The molecule has 0 unspecified atom stereocenters.